The molecule has 3 aromatic rings. The van der Waals surface area contributed by atoms with Crippen LogP contribution in [0.4, 0.5) is 13.2 Å². The molecule has 0 aliphatic rings. The standard InChI is InChI=1S/C13H6F3N5S/c14-13(15,16)11-4-1-7(6-18-11)9-2-3-10(22-9)12-8(5-17)19-21-20-12/h1-4,6H,(H,19,20,21). The summed E-state index contributed by atoms with van der Waals surface area (Å²) in [5.74, 6) is 0. The Morgan fingerprint density at radius 1 is 1.09 bits per heavy atom. The van der Waals surface area contributed by atoms with E-state index < -0.39 is 11.9 Å². The third kappa shape index (κ3) is 2.56. The molecule has 0 saturated carbocycles. The van der Waals surface area contributed by atoms with Crippen molar-refractivity contribution in [3.63, 3.8) is 0 Å². The Balaban J connectivity index is 1.93. The van der Waals surface area contributed by atoms with Gasteiger partial charge in [-0.05, 0) is 24.3 Å². The molecule has 0 aromatic carbocycles. The van der Waals surface area contributed by atoms with Gasteiger partial charge in [0.1, 0.15) is 17.5 Å². The number of aromatic amines is 1. The Labute approximate surface area is 126 Å². The first kappa shape index (κ1) is 14.2. The van der Waals surface area contributed by atoms with Gasteiger partial charge in [-0.3, -0.25) is 4.98 Å². The number of thiophene rings is 1. The third-order valence-corrected chi connectivity index (χ3v) is 3.97. The van der Waals surface area contributed by atoms with Crippen LogP contribution in [0.25, 0.3) is 21.0 Å². The number of pyridine rings is 1. The Morgan fingerprint density at radius 2 is 1.86 bits per heavy atom. The summed E-state index contributed by atoms with van der Waals surface area (Å²) in [6.45, 7) is 0. The zero-order valence-electron chi connectivity index (χ0n) is 10.7. The Hall–Kier alpha value is -2.73. The minimum atomic E-state index is -4.46. The molecule has 3 heterocycles. The highest BCUT2D eigenvalue weighted by Crippen LogP contribution is 2.35. The van der Waals surface area contributed by atoms with E-state index in [4.69, 9.17) is 5.26 Å². The minimum absolute atomic E-state index is 0.166. The summed E-state index contributed by atoms with van der Waals surface area (Å²) in [6, 6.07) is 7.68. The first-order chi connectivity index (χ1) is 10.5. The zero-order valence-corrected chi connectivity index (χ0v) is 11.5. The molecule has 0 amide bonds. The van der Waals surface area contributed by atoms with Crippen molar-refractivity contribution in [3.8, 4) is 27.1 Å². The molecule has 0 radical (unpaired) electrons. The molecule has 3 rings (SSSR count). The summed E-state index contributed by atoms with van der Waals surface area (Å²) < 4.78 is 37.5. The van der Waals surface area contributed by atoms with Gasteiger partial charge < -0.3 is 0 Å². The third-order valence-electron chi connectivity index (χ3n) is 2.83. The lowest BCUT2D eigenvalue weighted by molar-refractivity contribution is -0.141. The first-order valence-electron chi connectivity index (χ1n) is 5.94. The molecule has 9 heteroatoms. The maximum atomic E-state index is 12.5. The highest BCUT2D eigenvalue weighted by molar-refractivity contribution is 7.18. The van der Waals surface area contributed by atoms with Crippen LogP contribution in [0.15, 0.2) is 30.5 Å². The van der Waals surface area contributed by atoms with Gasteiger partial charge in [-0.1, -0.05) is 0 Å². The molecule has 0 spiro atoms. The molecule has 0 saturated heterocycles. The molecule has 0 fully saturated rings. The van der Waals surface area contributed by atoms with Gasteiger partial charge in [0.05, 0.1) is 4.88 Å². The van der Waals surface area contributed by atoms with Crippen LogP contribution in [0.3, 0.4) is 0 Å². The van der Waals surface area contributed by atoms with Gasteiger partial charge in [-0.25, -0.2) is 0 Å². The Kier molecular flexibility index (Phi) is 3.38. The number of rotatable bonds is 2. The second kappa shape index (κ2) is 5.23. The van der Waals surface area contributed by atoms with E-state index in [0.29, 0.717) is 16.1 Å². The summed E-state index contributed by atoms with van der Waals surface area (Å²) in [7, 11) is 0. The summed E-state index contributed by atoms with van der Waals surface area (Å²) >= 11 is 1.29. The number of aromatic nitrogens is 4. The zero-order chi connectivity index (χ0) is 15.7. The molecule has 0 atom stereocenters. The Bertz CT molecular complexity index is 842. The van der Waals surface area contributed by atoms with E-state index in [9.17, 15) is 13.2 Å². The number of nitrogens with zero attached hydrogens (tertiary/aromatic N) is 4. The van der Waals surface area contributed by atoms with Gasteiger partial charge in [0.25, 0.3) is 0 Å². The van der Waals surface area contributed by atoms with Crippen LogP contribution in [-0.2, 0) is 6.18 Å². The van der Waals surface area contributed by atoms with E-state index in [0.717, 1.165) is 10.9 Å². The van der Waals surface area contributed by atoms with Crippen LogP contribution in [-0.4, -0.2) is 20.4 Å². The van der Waals surface area contributed by atoms with Gasteiger partial charge in [-0.2, -0.15) is 28.7 Å². The number of hydrogen-bond donors (Lipinski definition) is 1. The number of nitrogens with one attached hydrogen (secondary N) is 1. The van der Waals surface area contributed by atoms with Crippen molar-refractivity contribution in [2.45, 2.75) is 6.18 Å². The number of alkyl halides is 3. The first-order valence-corrected chi connectivity index (χ1v) is 6.75. The summed E-state index contributed by atoms with van der Waals surface area (Å²) in [5, 5.41) is 18.9. The molecule has 22 heavy (non-hydrogen) atoms. The van der Waals surface area contributed by atoms with Crippen molar-refractivity contribution in [2.24, 2.45) is 0 Å². The topological polar surface area (TPSA) is 78.2 Å². The maximum Gasteiger partial charge on any atom is 0.433 e. The summed E-state index contributed by atoms with van der Waals surface area (Å²) in [6.07, 6.45) is -3.28. The smallest absolute Gasteiger partial charge is 0.251 e. The monoisotopic (exact) mass is 321 g/mol. The van der Waals surface area contributed by atoms with Crippen molar-refractivity contribution in [1.82, 2.24) is 20.4 Å². The average molecular weight is 321 g/mol. The van der Waals surface area contributed by atoms with Gasteiger partial charge >= 0.3 is 6.18 Å². The van der Waals surface area contributed by atoms with E-state index in [1.54, 1.807) is 12.1 Å². The predicted octanol–water partition coefficient (Wildman–Crippen LogP) is 3.49. The van der Waals surface area contributed by atoms with Crippen LogP contribution in [0.5, 0.6) is 0 Å². The van der Waals surface area contributed by atoms with Crippen LogP contribution in [0, 0.1) is 11.3 Å². The number of H-pyrrole nitrogens is 1. The van der Waals surface area contributed by atoms with Gasteiger partial charge in [0.15, 0.2) is 5.69 Å². The lowest BCUT2D eigenvalue weighted by Gasteiger charge is -2.05. The maximum absolute atomic E-state index is 12.5. The molecule has 0 bridgehead atoms. The SMILES string of the molecule is N#Cc1n[nH]nc1-c1ccc(-c2ccc(C(F)(F)F)nc2)s1. The highest BCUT2D eigenvalue weighted by Gasteiger charge is 2.32. The summed E-state index contributed by atoms with van der Waals surface area (Å²) in [4.78, 5) is 4.85. The van der Waals surface area contributed by atoms with Crippen LogP contribution >= 0.6 is 11.3 Å². The normalized spacial score (nSPS) is 11.4. The van der Waals surface area contributed by atoms with E-state index in [-0.39, 0.29) is 5.69 Å². The molecule has 110 valence electrons. The van der Waals surface area contributed by atoms with Crippen molar-refractivity contribution < 1.29 is 13.2 Å². The molecule has 5 nitrogen and oxygen atoms in total. The fourth-order valence-electron chi connectivity index (χ4n) is 1.81. The molecular formula is C13H6F3N5S. The molecule has 0 aliphatic heterocycles. The number of halogens is 3. The average Bonchev–Trinajstić information content (AvgIpc) is 3.15. The molecule has 0 aliphatic carbocycles. The van der Waals surface area contributed by atoms with Crippen molar-refractivity contribution in [1.29, 1.82) is 5.26 Å². The number of nitriles is 1. The van der Waals surface area contributed by atoms with Crippen LogP contribution in [0.2, 0.25) is 0 Å². The molecule has 1 N–H and O–H groups in total. The molecular weight excluding hydrogens is 315 g/mol. The fourth-order valence-corrected chi connectivity index (χ4v) is 2.79. The van der Waals surface area contributed by atoms with E-state index in [2.05, 4.69) is 20.4 Å². The molecule has 3 aromatic heterocycles. The van der Waals surface area contributed by atoms with Crippen molar-refractivity contribution >= 4 is 11.3 Å². The van der Waals surface area contributed by atoms with Crippen molar-refractivity contribution in [2.75, 3.05) is 0 Å². The van der Waals surface area contributed by atoms with E-state index in [1.165, 1.54) is 23.6 Å². The summed E-state index contributed by atoms with van der Waals surface area (Å²) in [5.41, 5.74) is 0.208. The van der Waals surface area contributed by atoms with Gasteiger partial charge in [0, 0.05) is 16.6 Å². The Morgan fingerprint density at radius 3 is 2.50 bits per heavy atom. The minimum Gasteiger partial charge on any atom is -0.251 e. The largest absolute Gasteiger partial charge is 0.433 e. The van der Waals surface area contributed by atoms with Gasteiger partial charge in [0.2, 0.25) is 0 Å². The van der Waals surface area contributed by atoms with E-state index >= 15 is 0 Å². The van der Waals surface area contributed by atoms with E-state index in [1.807, 2.05) is 6.07 Å². The predicted molar refractivity (Wildman–Crippen MR) is 72.6 cm³/mol. The fraction of sp³-hybridized carbons (Fsp3) is 0.0769. The van der Waals surface area contributed by atoms with Gasteiger partial charge in [-0.15, -0.1) is 16.4 Å². The van der Waals surface area contributed by atoms with Crippen LogP contribution < -0.4 is 0 Å². The second-order valence-electron chi connectivity index (χ2n) is 4.23. The lowest BCUT2D eigenvalue weighted by atomic mass is 10.2. The quantitative estimate of drug-likeness (QED) is 0.783. The highest BCUT2D eigenvalue weighted by atomic mass is 32.1. The molecule has 0 unspecified atom stereocenters. The van der Waals surface area contributed by atoms with Crippen molar-refractivity contribution in [3.05, 3.63) is 41.9 Å². The second-order valence-corrected chi connectivity index (χ2v) is 5.31. The van der Waals surface area contributed by atoms with Crippen LogP contribution in [0.1, 0.15) is 11.4 Å². The number of hydrogen-bond acceptors (Lipinski definition) is 5. The lowest BCUT2D eigenvalue weighted by Crippen LogP contribution is -2.07.